The van der Waals surface area contributed by atoms with Crippen molar-refractivity contribution in [3.05, 3.63) is 63.0 Å². The third-order valence-corrected chi connectivity index (χ3v) is 3.36. The molecule has 0 aliphatic rings. The first-order valence-electron chi connectivity index (χ1n) is 6.09. The van der Waals surface area contributed by atoms with Crippen molar-refractivity contribution >= 4 is 38.9 Å². The summed E-state index contributed by atoms with van der Waals surface area (Å²) in [6.07, 6.45) is 3.25. The Kier molecular flexibility index (Phi) is 3.55. The molecule has 8 nitrogen and oxygen atoms in total. The molecule has 110 valence electrons. The van der Waals surface area contributed by atoms with Crippen LogP contribution in [-0.4, -0.2) is 25.4 Å². The minimum atomic E-state index is -0.549. The number of nitrogens with zero attached hydrogens (tertiary/aromatic N) is 4. The van der Waals surface area contributed by atoms with E-state index in [0.717, 1.165) is 4.47 Å². The number of fused-ring (bicyclic) bond motifs is 1. The predicted molar refractivity (Wildman–Crippen MR) is 81.7 cm³/mol. The molecule has 0 saturated carbocycles. The summed E-state index contributed by atoms with van der Waals surface area (Å²) in [5.74, 6) is -0.466. The van der Waals surface area contributed by atoms with Gasteiger partial charge in [-0.1, -0.05) is 6.07 Å². The van der Waals surface area contributed by atoms with E-state index in [1.54, 1.807) is 16.7 Å². The normalized spacial score (nSPS) is 10.6. The number of nitro benzene ring substituents is 1. The number of carbonyl (C=O) groups is 1. The molecule has 3 aromatic rings. The van der Waals surface area contributed by atoms with E-state index in [9.17, 15) is 14.9 Å². The van der Waals surface area contributed by atoms with E-state index in [1.165, 1.54) is 30.6 Å². The molecule has 9 heteroatoms. The minimum absolute atomic E-state index is 0.144. The van der Waals surface area contributed by atoms with E-state index in [2.05, 4.69) is 31.4 Å². The van der Waals surface area contributed by atoms with Crippen molar-refractivity contribution in [2.45, 2.75) is 0 Å². The molecule has 1 aromatic carbocycles. The molecule has 1 N–H and O–H groups in total. The number of halogens is 1. The van der Waals surface area contributed by atoms with Gasteiger partial charge in [0, 0.05) is 28.4 Å². The van der Waals surface area contributed by atoms with Crippen LogP contribution in [0, 0.1) is 10.1 Å². The Morgan fingerprint density at radius 1 is 1.36 bits per heavy atom. The number of nitrogens with one attached hydrogen (secondary N) is 1. The van der Waals surface area contributed by atoms with Gasteiger partial charge in [0.1, 0.15) is 6.33 Å². The molecule has 0 aliphatic heterocycles. The predicted octanol–water partition coefficient (Wildman–Crippen LogP) is 2.65. The highest BCUT2D eigenvalue weighted by molar-refractivity contribution is 9.10. The van der Waals surface area contributed by atoms with Gasteiger partial charge in [0.15, 0.2) is 5.65 Å². The Bertz CT molecular complexity index is 892. The first-order valence-corrected chi connectivity index (χ1v) is 6.88. The molecular weight excluding hydrogens is 354 g/mol. The number of non-ortho nitro benzene ring substituents is 1. The Morgan fingerprint density at radius 2 is 2.18 bits per heavy atom. The Labute approximate surface area is 132 Å². The summed E-state index contributed by atoms with van der Waals surface area (Å²) in [5, 5.41) is 21.1. The van der Waals surface area contributed by atoms with E-state index in [0.29, 0.717) is 11.3 Å². The van der Waals surface area contributed by atoms with Crippen LogP contribution in [0.2, 0.25) is 0 Å². The lowest BCUT2D eigenvalue weighted by Gasteiger charge is -2.07. The van der Waals surface area contributed by atoms with E-state index in [1.807, 2.05) is 0 Å². The highest BCUT2D eigenvalue weighted by atomic mass is 79.9. The van der Waals surface area contributed by atoms with Gasteiger partial charge in [0.25, 0.3) is 11.6 Å². The fourth-order valence-electron chi connectivity index (χ4n) is 1.95. The topological polar surface area (TPSA) is 102 Å². The number of anilines is 1. The molecule has 2 heterocycles. The number of benzene rings is 1. The van der Waals surface area contributed by atoms with E-state index < -0.39 is 10.8 Å². The van der Waals surface area contributed by atoms with Crippen molar-refractivity contribution in [2.75, 3.05) is 5.32 Å². The largest absolute Gasteiger partial charge is 0.319 e. The van der Waals surface area contributed by atoms with Crippen molar-refractivity contribution in [3.8, 4) is 0 Å². The SMILES string of the molecule is O=C(Nc1cc(Br)cn2cnnc12)c1cccc([N+](=O)[O-])c1. The zero-order chi connectivity index (χ0) is 15.7. The monoisotopic (exact) mass is 361 g/mol. The molecule has 0 aliphatic carbocycles. The van der Waals surface area contributed by atoms with Crippen LogP contribution in [0.3, 0.4) is 0 Å². The lowest BCUT2D eigenvalue weighted by Crippen LogP contribution is -2.13. The maximum Gasteiger partial charge on any atom is 0.270 e. The summed E-state index contributed by atoms with van der Waals surface area (Å²) < 4.78 is 2.38. The van der Waals surface area contributed by atoms with E-state index in [4.69, 9.17) is 0 Å². The van der Waals surface area contributed by atoms with Gasteiger partial charge in [0.2, 0.25) is 0 Å². The van der Waals surface area contributed by atoms with Crippen molar-refractivity contribution in [1.82, 2.24) is 14.6 Å². The van der Waals surface area contributed by atoms with Crippen LogP contribution >= 0.6 is 15.9 Å². The zero-order valence-corrected chi connectivity index (χ0v) is 12.5. The van der Waals surface area contributed by atoms with Crippen molar-refractivity contribution in [1.29, 1.82) is 0 Å². The number of amides is 1. The van der Waals surface area contributed by atoms with Gasteiger partial charge in [-0.15, -0.1) is 10.2 Å². The first kappa shape index (κ1) is 14.1. The van der Waals surface area contributed by atoms with Crippen LogP contribution in [0.25, 0.3) is 5.65 Å². The van der Waals surface area contributed by atoms with E-state index in [-0.39, 0.29) is 11.3 Å². The third kappa shape index (κ3) is 2.66. The zero-order valence-electron chi connectivity index (χ0n) is 10.9. The number of pyridine rings is 1. The van der Waals surface area contributed by atoms with Crippen molar-refractivity contribution in [2.24, 2.45) is 0 Å². The fraction of sp³-hybridized carbons (Fsp3) is 0. The van der Waals surface area contributed by atoms with Crippen LogP contribution in [0.4, 0.5) is 11.4 Å². The molecular formula is C13H8BrN5O3. The number of carbonyl (C=O) groups excluding carboxylic acids is 1. The number of hydrogen-bond acceptors (Lipinski definition) is 5. The molecule has 0 radical (unpaired) electrons. The molecule has 3 rings (SSSR count). The minimum Gasteiger partial charge on any atom is -0.319 e. The van der Waals surface area contributed by atoms with Gasteiger partial charge < -0.3 is 5.32 Å². The molecule has 1 amide bonds. The second-order valence-corrected chi connectivity index (χ2v) is 5.31. The maximum absolute atomic E-state index is 12.3. The summed E-state index contributed by atoms with van der Waals surface area (Å²) >= 11 is 3.33. The Hall–Kier alpha value is -2.81. The fourth-order valence-corrected chi connectivity index (χ4v) is 2.40. The number of nitro groups is 1. The number of rotatable bonds is 3. The summed E-state index contributed by atoms with van der Waals surface area (Å²) in [6.45, 7) is 0. The lowest BCUT2D eigenvalue weighted by atomic mass is 10.2. The third-order valence-electron chi connectivity index (χ3n) is 2.93. The highest BCUT2D eigenvalue weighted by Gasteiger charge is 2.14. The average Bonchev–Trinajstić information content (AvgIpc) is 2.95. The standard InChI is InChI=1S/C13H8BrN5O3/c14-9-5-11(12-17-15-7-18(12)6-9)16-13(20)8-2-1-3-10(4-8)19(21)22/h1-7H,(H,16,20). The Balaban J connectivity index is 1.95. The van der Waals surface area contributed by atoms with Crippen molar-refractivity contribution < 1.29 is 9.72 Å². The van der Waals surface area contributed by atoms with Crippen LogP contribution in [0.15, 0.2) is 47.3 Å². The van der Waals surface area contributed by atoms with Gasteiger partial charge in [-0.25, -0.2) is 0 Å². The summed E-state index contributed by atoms with van der Waals surface area (Å²) in [5.41, 5.74) is 0.965. The molecule has 0 saturated heterocycles. The molecule has 22 heavy (non-hydrogen) atoms. The lowest BCUT2D eigenvalue weighted by molar-refractivity contribution is -0.384. The first-order chi connectivity index (χ1) is 10.5. The highest BCUT2D eigenvalue weighted by Crippen LogP contribution is 2.22. The molecule has 2 aromatic heterocycles. The number of hydrogen-bond donors (Lipinski definition) is 1. The van der Waals surface area contributed by atoms with Gasteiger partial charge >= 0.3 is 0 Å². The maximum atomic E-state index is 12.3. The second kappa shape index (κ2) is 5.53. The van der Waals surface area contributed by atoms with Crippen molar-refractivity contribution in [3.63, 3.8) is 0 Å². The average molecular weight is 362 g/mol. The number of aromatic nitrogens is 3. The Morgan fingerprint density at radius 3 is 2.95 bits per heavy atom. The summed E-state index contributed by atoms with van der Waals surface area (Å²) in [7, 11) is 0. The molecule has 0 fully saturated rings. The van der Waals surface area contributed by atoms with Gasteiger partial charge in [-0.2, -0.15) is 0 Å². The summed E-state index contributed by atoms with van der Waals surface area (Å²) in [4.78, 5) is 22.5. The van der Waals surface area contributed by atoms with Crippen LogP contribution in [0.1, 0.15) is 10.4 Å². The molecule has 0 atom stereocenters. The quantitative estimate of drug-likeness (QED) is 0.570. The summed E-state index contributed by atoms with van der Waals surface area (Å²) in [6, 6.07) is 7.18. The van der Waals surface area contributed by atoms with Crippen LogP contribution in [0.5, 0.6) is 0 Å². The smallest absolute Gasteiger partial charge is 0.270 e. The van der Waals surface area contributed by atoms with Crippen LogP contribution in [-0.2, 0) is 0 Å². The van der Waals surface area contributed by atoms with E-state index >= 15 is 0 Å². The molecule has 0 spiro atoms. The molecule has 0 bridgehead atoms. The second-order valence-electron chi connectivity index (χ2n) is 4.40. The van der Waals surface area contributed by atoms with Gasteiger partial charge in [0.05, 0.1) is 10.6 Å². The molecule has 0 unspecified atom stereocenters. The van der Waals surface area contributed by atoms with Crippen LogP contribution < -0.4 is 5.32 Å². The van der Waals surface area contributed by atoms with Gasteiger partial charge in [-0.3, -0.25) is 19.3 Å². The van der Waals surface area contributed by atoms with Gasteiger partial charge in [-0.05, 0) is 28.1 Å².